The summed E-state index contributed by atoms with van der Waals surface area (Å²) in [5, 5.41) is 14.9. The quantitative estimate of drug-likeness (QED) is 0.868. The van der Waals surface area contributed by atoms with E-state index >= 15 is 0 Å². The van der Waals surface area contributed by atoms with E-state index in [0.29, 0.717) is 0 Å². The van der Waals surface area contributed by atoms with Crippen molar-refractivity contribution >= 4 is 16.6 Å². The lowest BCUT2D eigenvalue weighted by molar-refractivity contribution is 0.218. The van der Waals surface area contributed by atoms with Gasteiger partial charge >= 0.3 is 0 Å². The molecule has 1 aromatic heterocycles. The van der Waals surface area contributed by atoms with E-state index in [4.69, 9.17) is 4.74 Å². The molecule has 1 heterocycles. The van der Waals surface area contributed by atoms with E-state index < -0.39 is 0 Å². The van der Waals surface area contributed by atoms with Crippen LogP contribution >= 0.6 is 0 Å². The fourth-order valence-electron chi connectivity index (χ4n) is 1.90. The number of fused-ring (bicyclic) bond motifs is 1. The number of benzene rings is 1. The Hall–Kier alpha value is -1.81. The highest BCUT2D eigenvalue weighted by atomic mass is 16.5. The lowest BCUT2D eigenvalue weighted by atomic mass is 10.00. The first-order valence-electron chi connectivity index (χ1n) is 6.43. The Labute approximate surface area is 113 Å². The summed E-state index contributed by atoms with van der Waals surface area (Å²) in [4.78, 5) is 4.39. The van der Waals surface area contributed by atoms with E-state index in [0.717, 1.165) is 28.8 Å². The van der Waals surface area contributed by atoms with E-state index in [9.17, 15) is 5.11 Å². The molecule has 0 aliphatic carbocycles. The number of anilines is 1. The first kappa shape index (κ1) is 13.6. The van der Waals surface area contributed by atoms with Gasteiger partial charge in [0, 0.05) is 11.6 Å². The van der Waals surface area contributed by atoms with E-state index in [-0.39, 0.29) is 12.1 Å². The number of aliphatic hydroxyl groups excluding tert-OH is 1. The molecule has 0 saturated heterocycles. The third kappa shape index (κ3) is 2.79. The molecule has 1 unspecified atom stereocenters. The Kier molecular flexibility index (Phi) is 3.90. The summed E-state index contributed by atoms with van der Waals surface area (Å²) < 4.78 is 5.26. The van der Waals surface area contributed by atoms with E-state index in [1.165, 1.54) is 0 Å². The molecule has 0 saturated carbocycles. The molecule has 4 heteroatoms. The van der Waals surface area contributed by atoms with Crippen molar-refractivity contribution in [3.05, 3.63) is 30.5 Å². The van der Waals surface area contributed by atoms with Crippen molar-refractivity contribution in [2.45, 2.75) is 25.8 Å². The van der Waals surface area contributed by atoms with Crippen molar-refractivity contribution in [3.8, 4) is 5.75 Å². The number of hydrogen-bond donors (Lipinski definition) is 2. The van der Waals surface area contributed by atoms with Crippen LogP contribution in [0.2, 0.25) is 0 Å². The third-order valence-corrected chi connectivity index (χ3v) is 3.52. The van der Waals surface area contributed by atoms with E-state index in [1.54, 1.807) is 13.3 Å². The highest BCUT2D eigenvalue weighted by molar-refractivity contribution is 5.93. The molecule has 2 N–H and O–H groups in total. The van der Waals surface area contributed by atoms with Crippen LogP contribution < -0.4 is 10.1 Å². The minimum atomic E-state index is -0.371. The monoisotopic (exact) mass is 260 g/mol. The van der Waals surface area contributed by atoms with Crippen LogP contribution in [0.1, 0.15) is 20.3 Å². The van der Waals surface area contributed by atoms with Crippen LogP contribution in [-0.4, -0.2) is 29.3 Å². The number of nitrogens with zero attached hydrogens (tertiary/aromatic N) is 1. The second-order valence-corrected chi connectivity index (χ2v) is 4.94. The van der Waals surface area contributed by atoms with Crippen LogP contribution in [0.4, 0.5) is 5.82 Å². The Balaban J connectivity index is 2.47. The highest BCUT2D eigenvalue weighted by Crippen LogP contribution is 2.28. The SMILES string of the molecule is CCC(C)(CO)Nc1nccc2ccc(OC)cc12. The molecule has 0 aliphatic rings. The average molecular weight is 260 g/mol. The number of rotatable bonds is 5. The topological polar surface area (TPSA) is 54.4 Å². The zero-order valence-corrected chi connectivity index (χ0v) is 11.6. The molecule has 0 radical (unpaired) electrons. The van der Waals surface area contributed by atoms with Crippen LogP contribution in [0.5, 0.6) is 5.75 Å². The standard InChI is InChI=1S/C15H20N2O2/c1-4-15(2,10-18)17-14-13-9-12(19-3)6-5-11(13)7-8-16-14/h5-9,18H,4,10H2,1-3H3,(H,16,17). The Morgan fingerprint density at radius 3 is 2.79 bits per heavy atom. The molecule has 1 aromatic carbocycles. The van der Waals surface area contributed by atoms with Crippen LogP contribution in [0.15, 0.2) is 30.5 Å². The van der Waals surface area contributed by atoms with Crippen molar-refractivity contribution in [1.82, 2.24) is 4.98 Å². The fourth-order valence-corrected chi connectivity index (χ4v) is 1.90. The lowest BCUT2D eigenvalue weighted by Gasteiger charge is -2.28. The highest BCUT2D eigenvalue weighted by Gasteiger charge is 2.21. The van der Waals surface area contributed by atoms with Gasteiger partial charge in [0.2, 0.25) is 0 Å². The normalized spacial score (nSPS) is 14.1. The molecular formula is C15H20N2O2. The smallest absolute Gasteiger partial charge is 0.134 e. The minimum absolute atomic E-state index is 0.0610. The molecule has 0 aliphatic heterocycles. The molecule has 19 heavy (non-hydrogen) atoms. The van der Waals surface area contributed by atoms with Crippen molar-refractivity contribution in [2.24, 2.45) is 0 Å². The average Bonchev–Trinajstić information content (AvgIpc) is 2.47. The zero-order valence-electron chi connectivity index (χ0n) is 11.6. The third-order valence-electron chi connectivity index (χ3n) is 3.52. The second kappa shape index (κ2) is 5.45. The number of pyridine rings is 1. The molecule has 0 fully saturated rings. The first-order chi connectivity index (χ1) is 9.11. The summed E-state index contributed by atoms with van der Waals surface area (Å²) in [6, 6.07) is 7.85. The molecular weight excluding hydrogens is 240 g/mol. The van der Waals surface area contributed by atoms with Crippen molar-refractivity contribution in [3.63, 3.8) is 0 Å². The summed E-state index contributed by atoms with van der Waals surface area (Å²) in [5.41, 5.74) is -0.371. The van der Waals surface area contributed by atoms with Crippen LogP contribution in [-0.2, 0) is 0 Å². The number of ether oxygens (including phenoxy) is 1. The molecule has 2 rings (SSSR count). The van der Waals surface area contributed by atoms with Crippen molar-refractivity contribution < 1.29 is 9.84 Å². The number of aliphatic hydroxyl groups is 1. The van der Waals surface area contributed by atoms with Gasteiger partial charge in [-0.15, -0.1) is 0 Å². The molecule has 0 bridgehead atoms. The minimum Gasteiger partial charge on any atom is -0.497 e. The Morgan fingerprint density at radius 1 is 1.37 bits per heavy atom. The number of hydrogen-bond acceptors (Lipinski definition) is 4. The van der Waals surface area contributed by atoms with Gasteiger partial charge in [-0.05, 0) is 36.9 Å². The molecule has 0 amide bonds. The van der Waals surface area contributed by atoms with Gasteiger partial charge < -0.3 is 15.2 Å². The van der Waals surface area contributed by atoms with Gasteiger partial charge in [-0.25, -0.2) is 4.98 Å². The number of methoxy groups -OCH3 is 1. The molecule has 1 atom stereocenters. The maximum absolute atomic E-state index is 9.50. The van der Waals surface area contributed by atoms with E-state index in [1.807, 2.05) is 38.1 Å². The van der Waals surface area contributed by atoms with E-state index in [2.05, 4.69) is 10.3 Å². The van der Waals surface area contributed by atoms with Gasteiger partial charge in [0.05, 0.1) is 19.3 Å². The molecule has 0 spiro atoms. The predicted molar refractivity (Wildman–Crippen MR) is 77.7 cm³/mol. The van der Waals surface area contributed by atoms with Crippen molar-refractivity contribution in [2.75, 3.05) is 19.0 Å². The number of nitrogens with one attached hydrogen (secondary N) is 1. The predicted octanol–water partition coefficient (Wildman–Crippen LogP) is 2.82. The van der Waals surface area contributed by atoms with Crippen LogP contribution in [0, 0.1) is 0 Å². The number of aromatic nitrogens is 1. The Morgan fingerprint density at radius 2 is 2.16 bits per heavy atom. The van der Waals surface area contributed by atoms with Gasteiger partial charge in [-0.3, -0.25) is 0 Å². The van der Waals surface area contributed by atoms with Gasteiger partial charge in [0.1, 0.15) is 11.6 Å². The summed E-state index contributed by atoms with van der Waals surface area (Å²) in [7, 11) is 1.65. The summed E-state index contributed by atoms with van der Waals surface area (Å²) >= 11 is 0. The molecule has 102 valence electrons. The van der Waals surface area contributed by atoms with Gasteiger partial charge in [0.15, 0.2) is 0 Å². The molecule has 2 aromatic rings. The second-order valence-electron chi connectivity index (χ2n) is 4.94. The largest absolute Gasteiger partial charge is 0.497 e. The van der Waals surface area contributed by atoms with Gasteiger partial charge in [0.25, 0.3) is 0 Å². The summed E-state index contributed by atoms with van der Waals surface area (Å²) in [6.07, 6.45) is 2.58. The zero-order chi connectivity index (χ0) is 13.9. The maximum atomic E-state index is 9.50. The Bertz CT molecular complexity index is 565. The van der Waals surface area contributed by atoms with Crippen molar-refractivity contribution in [1.29, 1.82) is 0 Å². The summed E-state index contributed by atoms with van der Waals surface area (Å²) in [6.45, 7) is 4.08. The van der Waals surface area contributed by atoms with Crippen LogP contribution in [0.3, 0.4) is 0 Å². The summed E-state index contributed by atoms with van der Waals surface area (Å²) in [5.74, 6) is 1.57. The fraction of sp³-hybridized carbons (Fsp3) is 0.400. The first-order valence-corrected chi connectivity index (χ1v) is 6.43. The molecule has 4 nitrogen and oxygen atoms in total. The van der Waals surface area contributed by atoms with Gasteiger partial charge in [-0.2, -0.15) is 0 Å². The maximum Gasteiger partial charge on any atom is 0.134 e. The lowest BCUT2D eigenvalue weighted by Crippen LogP contribution is -2.38. The van der Waals surface area contributed by atoms with Gasteiger partial charge in [-0.1, -0.05) is 13.0 Å². The van der Waals surface area contributed by atoms with Crippen LogP contribution in [0.25, 0.3) is 10.8 Å².